The van der Waals surface area contributed by atoms with Gasteiger partial charge in [-0.3, -0.25) is 9.59 Å². The summed E-state index contributed by atoms with van der Waals surface area (Å²) in [4.78, 5) is 29.5. The van der Waals surface area contributed by atoms with Gasteiger partial charge in [0, 0.05) is 31.2 Å². The van der Waals surface area contributed by atoms with Gasteiger partial charge in [-0.05, 0) is 48.1 Å². The van der Waals surface area contributed by atoms with Gasteiger partial charge in [-0.1, -0.05) is 38.1 Å². The molecule has 7 nitrogen and oxygen atoms in total. The fourth-order valence-corrected chi connectivity index (χ4v) is 4.09. The largest absolute Gasteiger partial charge is 0.493 e. The van der Waals surface area contributed by atoms with Crippen LogP contribution in [0.3, 0.4) is 0 Å². The van der Waals surface area contributed by atoms with E-state index in [0.717, 1.165) is 18.4 Å². The molecule has 1 aliphatic carbocycles. The molecule has 2 aliphatic rings. The van der Waals surface area contributed by atoms with Crippen molar-refractivity contribution in [2.75, 3.05) is 40.0 Å². The lowest BCUT2D eigenvalue weighted by Gasteiger charge is -2.27. The third-order valence-corrected chi connectivity index (χ3v) is 6.37. The van der Waals surface area contributed by atoms with E-state index in [1.807, 2.05) is 4.90 Å². The van der Waals surface area contributed by atoms with E-state index >= 15 is 0 Å². The minimum Gasteiger partial charge on any atom is -0.493 e. The van der Waals surface area contributed by atoms with Gasteiger partial charge in [-0.15, -0.1) is 0 Å². The Morgan fingerprint density at radius 3 is 2.38 bits per heavy atom. The lowest BCUT2D eigenvalue weighted by Crippen LogP contribution is -2.43. The number of methoxy groups -OCH3 is 1. The van der Waals surface area contributed by atoms with E-state index in [9.17, 15) is 9.59 Å². The molecular weight excluding hydrogens is 432 g/mol. The average molecular weight is 467 g/mol. The second-order valence-corrected chi connectivity index (χ2v) is 9.21. The minimum atomic E-state index is -0.0890. The van der Waals surface area contributed by atoms with E-state index in [1.54, 1.807) is 23.1 Å². The molecule has 4 rings (SSSR count). The lowest BCUT2D eigenvalue weighted by atomic mass is 10.0. The molecule has 0 aromatic heterocycles. The molecule has 0 N–H and O–H groups in total. The van der Waals surface area contributed by atoms with E-state index in [0.29, 0.717) is 55.8 Å². The lowest BCUT2D eigenvalue weighted by molar-refractivity contribution is -0.137. The molecule has 34 heavy (non-hydrogen) atoms. The molecule has 0 spiro atoms. The Hall–Kier alpha value is -3.06. The number of benzene rings is 2. The normalized spacial score (nSPS) is 15.8. The molecular formula is C27H34N2O5. The van der Waals surface area contributed by atoms with Gasteiger partial charge < -0.3 is 24.0 Å². The standard InChI is InChI=1S/C27H34N2O5/c1-19(2)21-6-4-20(5-7-21)17-29(23-9-10-23)27(31)22-8-11-24(25(16-22)32-3)34-18-26(30)28-12-14-33-15-13-28/h4-8,11,16,19,23H,9-10,12-15,17-18H2,1-3H3. The molecule has 1 saturated heterocycles. The van der Waals surface area contributed by atoms with Crippen molar-refractivity contribution in [2.24, 2.45) is 0 Å². The molecule has 1 aliphatic heterocycles. The van der Waals surface area contributed by atoms with E-state index in [4.69, 9.17) is 14.2 Å². The predicted molar refractivity (Wildman–Crippen MR) is 129 cm³/mol. The molecule has 0 radical (unpaired) electrons. The Bertz CT molecular complexity index is 995. The van der Waals surface area contributed by atoms with Crippen LogP contribution in [-0.4, -0.2) is 67.7 Å². The highest BCUT2D eigenvalue weighted by Gasteiger charge is 2.33. The van der Waals surface area contributed by atoms with Gasteiger partial charge in [0.1, 0.15) is 0 Å². The maximum absolute atomic E-state index is 13.4. The topological polar surface area (TPSA) is 68.3 Å². The van der Waals surface area contributed by atoms with Crippen LogP contribution in [-0.2, 0) is 16.1 Å². The van der Waals surface area contributed by atoms with Gasteiger partial charge in [0.2, 0.25) is 0 Å². The van der Waals surface area contributed by atoms with Gasteiger partial charge in [0.15, 0.2) is 18.1 Å². The van der Waals surface area contributed by atoms with Crippen LogP contribution >= 0.6 is 0 Å². The van der Waals surface area contributed by atoms with Crippen molar-refractivity contribution in [2.45, 2.75) is 45.2 Å². The van der Waals surface area contributed by atoms with E-state index < -0.39 is 0 Å². The third kappa shape index (κ3) is 5.89. The van der Waals surface area contributed by atoms with Crippen molar-refractivity contribution in [3.63, 3.8) is 0 Å². The number of hydrogen-bond acceptors (Lipinski definition) is 5. The summed E-state index contributed by atoms with van der Waals surface area (Å²) in [6, 6.07) is 13.9. The maximum atomic E-state index is 13.4. The van der Waals surface area contributed by atoms with Gasteiger partial charge in [0.05, 0.1) is 20.3 Å². The molecule has 2 aromatic rings. The van der Waals surface area contributed by atoms with Crippen LogP contribution in [0.25, 0.3) is 0 Å². The molecule has 182 valence electrons. The molecule has 0 atom stereocenters. The summed E-state index contributed by atoms with van der Waals surface area (Å²) in [5.74, 6) is 1.26. The van der Waals surface area contributed by atoms with Crippen LogP contribution in [0.1, 0.15) is 54.1 Å². The SMILES string of the molecule is COc1cc(C(=O)N(Cc2ccc(C(C)C)cc2)C2CC2)ccc1OCC(=O)N1CCOCC1. The number of amides is 2. The summed E-state index contributed by atoms with van der Waals surface area (Å²) >= 11 is 0. The number of rotatable bonds is 9. The molecule has 2 fully saturated rings. The maximum Gasteiger partial charge on any atom is 0.260 e. The zero-order chi connectivity index (χ0) is 24.1. The van der Waals surface area contributed by atoms with Crippen molar-refractivity contribution in [1.82, 2.24) is 9.80 Å². The minimum absolute atomic E-state index is 0.0234. The summed E-state index contributed by atoms with van der Waals surface area (Å²) < 4.78 is 16.5. The molecule has 7 heteroatoms. The fraction of sp³-hybridized carbons (Fsp3) is 0.481. The highest BCUT2D eigenvalue weighted by Crippen LogP contribution is 2.33. The summed E-state index contributed by atoms with van der Waals surface area (Å²) in [6.45, 7) is 7.09. The molecule has 0 bridgehead atoms. The van der Waals surface area contributed by atoms with Crippen molar-refractivity contribution >= 4 is 11.8 Å². The first kappa shape index (κ1) is 24.1. The second kappa shape index (κ2) is 10.9. The quantitative estimate of drug-likeness (QED) is 0.561. The van der Waals surface area contributed by atoms with Gasteiger partial charge in [-0.25, -0.2) is 0 Å². The number of ether oxygens (including phenoxy) is 3. The number of carbonyl (C=O) groups excluding carboxylic acids is 2. The fourth-order valence-electron chi connectivity index (χ4n) is 4.09. The Morgan fingerprint density at radius 2 is 1.76 bits per heavy atom. The molecule has 0 unspecified atom stereocenters. The number of nitrogens with zero attached hydrogens (tertiary/aromatic N) is 2. The summed E-state index contributed by atoms with van der Waals surface area (Å²) in [6.07, 6.45) is 2.05. The molecule has 2 aromatic carbocycles. The first-order valence-electron chi connectivity index (χ1n) is 12.0. The Labute approximate surface area is 201 Å². The predicted octanol–water partition coefficient (Wildman–Crippen LogP) is 3.86. The Morgan fingerprint density at radius 1 is 1.06 bits per heavy atom. The van der Waals surface area contributed by atoms with Gasteiger partial charge in [-0.2, -0.15) is 0 Å². The van der Waals surface area contributed by atoms with E-state index in [-0.39, 0.29) is 24.5 Å². The van der Waals surface area contributed by atoms with Crippen molar-refractivity contribution < 1.29 is 23.8 Å². The van der Waals surface area contributed by atoms with Gasteiger partial charge >= 0.3 is 0 Å². The van der Waals surface area contributed by atoms with Crippen LogP contribution in [0.2, 0.25) is 0 Å². The number of carbonyl (C=O) groups is 2. The average Bonchev–Trinajstić information content (AvgIpc) is 3.71. The number of hydrogen-bond donors (Lipinski definition) is 0. The Kier molecular flexibility index (Phi) is 7.73. The van der Waals surface area contributed by atoms with Crippen LogP contribution in [0.5, 0.6) is 11.5 Å². The van der Waals surface area contributed by atoms with Crippen molar-refractivity contribution in [3.05, 3.63) is 59.2 Å². The Balaban J connectivity index is 1.43. The first-order chi connectivity index (χ1) is 16.5. The molecule has 2 amide bonds. The van der Waals surface area contributed by atoms with Crippen molar-refractivity contribution in [1.29, 1.82) is 0 Å². The third-order valence-electron chi connectivity index (χ3n) is 6.37. The highest BCUT2D eigenvalue weighted by atomic mass is 16.5. The number of morpholine rings is 1. The highest BCUT2D eigenvalue weighted by molar-refractivity contribution is 5.95. The van der Waals surface area contributed by atoms with E-state index in [2.05, 4.69) is 38.1 Å². The van der Waals surface area contributed by atoms with Crippen LogP contribution < -0.4 is 9.47 Å². The van der Waals surface area contributed by atoms with E-state index in [1.165, 1.54) is 12.7 Å². The second-order valence-electron chi connectivity index (χ2n) is 9.21. The molecule has 1 saturated carbocycles. The van der Waals surface area contributed by atoms with Crippen LogP contribution in [0, 0.1) is 0 Å². The summed E-state index contributed by atoms with van der Waals surface area (Å²) in [5, 5.41) is 0. The monoisotopic (exact) mass is 466 g/mol. The van der Waals surface area contributed by atoms with Crippen molar-refractivity contribution in [3.8, 4) is 11.5 Å². The zero-order valence-corrected chi connectivity index (χ0v) is 20.3. The smallest absolute Gasteiger partial charge is 0.260 e. The molecule has 1 heterocycles. The first-order valence-corrected chi connectivity index (χ1v) is 12.0. The summed E-state index contributed by atoms with van der Waals surface area (Å²) in [5.41, 5.74) is 2.97. The summed E-state index contributed by atoms with van der Waals surface area (Å²) in [7, 11) is 1.54. The van der Waals surface area contributed by atoms with Crippen LogP contribution in [0.4, 0.5) is 0 Å². The zero-order valence-electron chi connectivity index (χ0n) is 20.3. The van der Waals surface area contributed by atoms with Gasteiger partial charge in [0.25, 0.3) is 11.8 Å². The van der Waals surface area contributed by atoms with Crippen LogP contribution in [0.15, 0.2) is 42.5 Å².